The number of esters is 1. The van der Waals surface area contributed by atoms with E-state index < -0.39 is 6.04 Å². The van der Waals surface area contributed by atoms with Gasteiger partial charge in [-0.15, -0.1) is 0 Å². The topological polar surface area (TPSA) is 58.6 Å². The maximum absolute atomic E-state index is 13.2. The van der Waals surface area contributed by atoms with E-state index in [0.29, 0.717) is 23.9 Å². The van der Waals surface area contributed by atoms with E-state index in [1.807, 2.05) is 29.2 Å². The second kappa shape index (κ2) is 9.77. The van der Waals surface area contributed by atoms with Crippen molar-refractivity contribution >= 4 is 23.5 Å². The Balaban J connectivity index is 1.80. The fraction of sp³-hybridized carbons (Fsp3) is 0.565. The fourth-order valence-corrected chi connectivity index (χ4v) is 4.44. The molecule has 0 bridgehead atoms. The summed E-state index contributed by atoms with van der Waals surface area (Å²) >= 11 is 5.99. The number of amides is 1. The van der Waals surface area contributed by atoms with Gasteiger partial charge >= 0.3 is 5.97 Å². The summed E-state index contributed by atoms with van der Waals surface area (Å²) in [7, 11) is 1.42. The van der Waals surface area contributed by atoms with Gasteiger partial charge in [0.05, 0.1) is 7.11 Å². The van der Waals surface area contributed by atoms with Crippen molar-refractivity contribution in [1.82, 2.24) is 10.2 Å². The van der Waals surface area contributed by atoms with E-state index in [0.717, 1.165) is 48.8 Å². The van der Waals surface area contributed by atoms with Gasteiger partial charge in [-0.1, -0.05) is 37.6 Å². The van der Waals surface area contributed by atoms with Gasteiger partial charge in [-0.2, -0.15) is 0 Å². The summed E-state index contributed by atoms with van der Waals surface area (Å²) in [5.74, 6) is 0.180. The highest BCUT2D eigenvalue weighted by Gasteiger charge is 2.41. The zero-order valence-corrected chi connectivity index (χ0v) is 18.3. The van der Waals surface area contributed by atoms with Crippen LogP contribution >= 0.6 is 11.6 Å². The van der Waals surface area contributed by atoms with Gasteiger partial charge in [0.25, 0.3) is 5.91 Å². The number of halogens is 1. The normalized spacial score (nSPS) is 20.2. The van der Waals surface area contributed by atoms with Crippen LogP contribution in [0.4, 0.5) is 0 Å². The van der Waals surface area contributed by atoms with Crippen molar-refractivity contribution < 1.29 is 14.3 Å². The molecule has 3 rings (SSSR count). The number of nitrogens with zero attached hydrogens (tertiary/aromatic N) is 1. The summed E-state index contributed by atoms with van der Waals surface area (Å²) in [5, 5.41) is 4.18. The molecule has 1 aromatic rings. The van der Waals surface area contributed by atoms with Crippen molar-refractivity contribution in [1.29, 1.82) is 0 Å². The average Bonchev–Trinajstić information content (AvgIpc) is 2.98. The number of carbonyl (C=O) groups is 2. The average molecular weight is 419 g/mol. The maximum atomic E-state index is 13.2. The molecule has 0 aromatic heterocycles. The summed E-state index contributed by atoms with van der Waals surface area (Å²) < 4.78 is 5.03. The molecule has 0 spiro atoms. The molecule has 5 nitrogen and oxygen atoms in total. The lowest BCUT2D eigenvalue weighted by atomic mass is 9.92. The number of nitrogens with one attached hydrogen (secondary N) is 1. The third kappa shape index (κ3) is 5.20. The first kappa shape index (κ1) is 21.8. The molecular formula is C23H31ClN2O3. The predicted molar refractivity (Wildman–Crippen MR) is 115 cm³/mol. The van der Waals surface area contributed by atoms with Crippen LogP contribution in [0.15, 0.2) is 35.4 Å². The van der Waals surface area contributed by atoms with E-state index in [4.69, 9.17) is 16.3 Å². The summed E-state index contributed by atoms with van der Waals surface area (Å²) in [5.41, 5.74) is 3.24. The molecule has 2 atom stereocenters. The Labute approximate surface area is 178 Å². The molecule has 0 radical (unpaired) electrons. The lowest BCUT2D eigenvalue weighted by Gasteiger charge is -2.32. The third-order valence-electron chi connectivity index (χ3n) is 5.78. The van der Waals surface area contributed by atoms with E-state index in [1.165, 1.54) is 7.11 Å². The van der Waals surface area contributed by atoms with Gasteiger partial charge in [-0.3, -0.25) is 14.9 Å². The van der Waals surface area contributed by atoms with Crippen molar-refractivity contribution in [2.45, 2.75) is 64.6 Å². The molecule has 0 saturated heterocycles. The minimum absolute atomic E-state index is 0.110. The zero-order valence-electron chi connectivity index (χ0n) is 17.5. The number of hydrogen-bond donors (Lipinski definition) is 1. The summed E-state index contributed by atoms with van der Waals surface area (Å²) in [6, 6.07) is 7.31. The Hall–Kier alpha value is -1.85. The quantitative estimate of drug-likeness (QED) is 0.646. The molecule has 1 amide bonds. The van der Waals surface area contributed by atoms with Crippen LogP contribution in [-0.4, -0.2) is 42.6 Å². The number of rotatable bonds is 8. The summed E-state index contributed by atoms with van der Waals surface area (Å²) in [6.07, 6.45) is 5.06. The Morgan fingerprint density at radius 1 is 1.24 bits per heavy atom. The Morgan fingerprint density at radius 2 is 1.93 bits per heavy atom. The first-order valence-corrected chi connectivity index (χ1v) is 10.9. The molecule has 1 aliphatic carbocycles. The van der Waals surface area contributed by atoms with Crippen LogP contribution in [-0.2, 0) is 20.7 Å². The van der Waals surface area contributed by atoms with Crippen molar-refractivity contribution in [3.05, 3.63) is 46.0 Å². The highest BCUT2D eigenvalue weighted by molar-refractivity contribution is 6.30. The van der Waals surface area contributed by atoms with Crippen molar-refractivity contribution in [3.8, 4) is 0 Å². The second-order valence-corrected chi connectivity index (χ2v) is 8.80. The molecular weight excluding hydrogens is 388 g/mol. The number of benzene rings is 1. The van der Waals surface area contributed by atoms with Crippen LogP contribution in [0.1, 0.15) is 51.5 Å². The Bertz CT molecular complexity index is 773. The SMILES string of the molecule is COC(=O)[C@H](CC(C)C)N[C@@H]1C2=C(CCCC2)C(=O)N1CCc1ccc(Cl)cc1. The number of ether oxygens (including phenoxy) is 1. The van der Waals surface area contributed by atoms with Crippen LogP contribution < -0.4 is 5.32 Å². The fourth-order valence-electron chi connectivity index (χ4n) is 4.31. The minimum Gasteiger partial charge on any atom is -0.468 e. The van der Waals surface area contributed by atoms with Gasteiger partial charge in [0, 0.05) is 17.1 Å². The molecule has 1 N–H and O–H groups in total. The van der Waals surface area contributed by atoms with E-state index in [-0.39, 0.29) is 18.0 Å². The van der Waals surface area contributed by atoms with Gasteiger partial charge < -0.3 is 9.64 Å². The summed E-state index contributed by atoms with van der Waals surface area (Å²) in [6.45, 7) is 4.77. The number of methoxy groups -OCH3 is 1. The van der Waals surface area contributed by atoms with E-state index >= 15 is 0 Å². The van der Waals surface area contributed by atoms with E-state index in [9.17, 15) is 9.59 Å². The van der Waals surface area contributed by atoms with Crippen molar-refractivity contribution in [3.63, 3.8) is 0 Å². The minimum atomic E-state index is -0.426. The first-order chi connectivity index (χ1) is 13.9. The lowest BCUT2D eigenvalue weighted by Crippen LogP contribution is -2.53. The molecule has 29 heavy (non-hydrogen) atoms. The first-order valence-electron chi connectivity index (χ1n) is 10.5. The molecule has 6 heteroatoms. The molecule has 1 aliphatic heterocycles. The van der Waals surface area contributed by atoms with Gasteiger partial charge in [-0.25, -0.2) is 0 Å². The highest BCUT2D eigenvalue weighted by atomic mass is 35.5. The molecule has 1 heterocycles. The number of carbonyl (C=O) groups excluding carboxylic acids is 2. The second-order valence-electron chi connectivity index (χ2n) is 8.36. The van der Waals surface area contributed by atoms with Gasteiger partial charge in [-0.05, 0) is 67.7 Å². The van der Waals surface area contributed by atoms with Gasteiger partial charge in [0.1, 0.15) is 12.2 Å². The molecule has 1 aromatic carbocycles. The van der Waals surface area contributed by atoms with Gasteiger partial charge in [0.2, 0.25) is 0 Å². The smallest absolute Gasteiger partial charge is 0.322 e. The molecule has 158 valence electrons. The molecule has 2 aliphatic rings. The van der Waals surface area contributed by atoms with Crippen molar-refractivity contribution in [2.75, 3.05) is 13.7 Å². The van der Waals surface area contributed by atoms with E-state index in [1.54, 1.807) is 0 Å². The molecule has 0 saturated carbocycles. The largest absolute Gasteiger partial charge is 0.468 e. The predicted octanol–water partition coefficient (Wildman–Crippen LogP) is 4.10. The van der Waals surface area contributed by atoms with Crippen LogP contribution in [0.2, 0.25) is 5.02 Å². The molecule has 0 fully saturated rings. The van der Waals surface area contributed by atoms with E-state index in [2.05, 4.69) is 19.2 Å². The number of hydrogen-bond acceptors (Lipinski definition) is 4. The Kier molecular flexibility index (Phi) is 7.36. The van der Waals surface area contributed by atoms with Gasteiger partial charge in [0.15, 0.2) is 0 Å². The standard InChI is InChI=1S/C23H31ClN2O3/c1-15(2)14-20(23(28)29-3)25-21-18-6-4-5-7-19(18)22(27)26(21)13-12-16-8-10-17(24)11-9-16/h8-11,15,20-21,25H,4-7,12-14H2,1-3H3/t20-,21-/m0/s1. The van der Waals surface area contributed by atoms with Crippen LogP contribution in [0, 0.1) is 5.92 Å². The zero-order chi connectivity index (χ0) is 21.0. The summed E-state index contributed by atoms with van der Waals surface area (Å²) in [4.78, 5) is 27.4. The van der Waals surface area contributed by atoms with Crippen molar-refractivity contribution in [2.24, 2.45) is 5.92 Å². The molecule has 0 unspecified atom stereocenters. The monoisotopic (exact) mass is 418 g/mol. The lowest BCUT2D eigenvalue weighted by molar-refractivity contribution is -0.144. The van der Waals surface area contributed by atoms with Crippen LogP contribution in [0.3, 0.4) is 0 Å². The third-order valence-corrected chi connectivity index (χ3v) is 6.03. The van der Waals surface area contributed by atoms with Crippen LogP contribution in [0.5, 0.6) is 0 Å². The Morgan fingerprint density at radius 3 is 2.59 bits per heavy atom. The van der Waals surface area contributed by atoms with Crippen LogP contribution in [0.25, 0.3) is 0 Å². The maximum Gasteiger partial charge on any atom is 0.322 e. The highest BCUT2D eigenvalue weighted by Crippen LogP contribution is 2.36.